The molecule has 2 aromatic rings. The lowest BCUT2D eigenvalue weighted by Gasteiger charge is -2.49. The first-order valence-electron chi connectivity index (χ1n) is 10.7. The number of fused-ring (bicyclic) bond motifs is 2. The van der Waals surface area contributed by atoms with Crippen LogP contribution in [0.15, 0.2) is 12.5 Å². The number of hydrogen-bond donors (Lipinski definition) is 2. The highest BCUT2D eigenvalue weighted by molar-refractivity contribution is 5.26. The molecule has 0 atom stereocenters. The Kier molecular flexibility index (Phi) is 4.56. The molecule has 27 heavy (non-hydrogen) atoms. The molecule has 1 saturated heterocycles. The maximum absolute atomic E-state index is 4.71. The van der Waals surface area contributed by atoms with Crippen molar-refractivity contribution >= 4 is 0 Å². The number of likely N-dealkylation sites (tertiary alicyclic amines) is 1. The Morgan fingerprint density at radius 1 is 1.15 bits per heavy atom. The Labute approximate surface area is 161 Å². The normalized spacial score (nSPS) is 23.9. The first-order valence-corrected chi connectivity index (χ1v) is 10.7. The van der Waals surface area contributed by atoms with Gasteiger partial charge >= 0.3 is 0 Å². The van der Waals surface area contributed by atoms with Crippen LogP contribution in [0.4, 0.5) is 0 Å². The van der Waals surface area contributed by atoms with Gasteiger partial charge in [0.25, 0.3) is 0 Å². The number of rotatable bonds is 4. The zero-order valence-electron chi connectivity index (χ0n) is 16.5. The molecule has 0 amide bonds. The van der Waals surface area contributed by atoms with Crippen molar-refractivity contribution in [2.45, 2.75) is 63.5 Å². The van der Waals surface area contributed by atoms with Gasteiger partial charge in [0.2, 0.25) is 0 Å². The van der Waals surface area contributed by atoms with E-state index in [9.17, 15) is 0 Å². The smallest absolute Gasteiger partial charge is 0.106 e. The maximum Gasteiger partial charge on any atom is 0.106 e. The second-order valence-electron chi connectivity index (χ2n) is 8.92. The van der Waals surface area contributed by atoms with Gasteiger partial charge in [-0.25, -0.2) is 9.97 Å². The highest BCUT2D eigenvalue weighted by Gasteiger charge is 2.44. The van der Waals surface area contributed by atoms with E-state index >= 15 is 0 Å². The topological polar surface area (TPSA) is 63.8 Å². The number of H-pyrrole nitrogens is 2. The summed E-state index contributed by atoms with van der Waals surface area (Å²) in [5, 5.41) is 0. The zero-order chi connectivity index (χ0) is 18.3. The van der Waals surface area contributed by atoms with Gasteiger partial charge in [-0.1, -0.05) is 25.7 Å². The Morgan fingerprint density at radius 2 is 1.96 bits per heavy atom. The fraction of sp³-hybridized carbons (Fsp3) is 0.714. The largest absolute Gasteiger partial charge is 0.348 e. The lowest BCUT2D eigenvalue weighted by molar-refractivity contribution is 0.0218. The zero-order valence-corrected chi connectivity index (χ0v) is 16.5. The van der Waals surface area contributed by atoms with E-state index in [2.05, 4.69) is 38.0 Å². The number of imidazole rings is 2. The Hall–Kier alpha value is -1.66. The molecule has 2 aliphatic heterocycles. The molecule has 3 aliphatic rings. The summed E-state index contributed by atoms with van der Waals surface area (Å²) in [6, 6.07) is 0. The number of aromatic nitrogens is 4. The molecule has 1 saturated carbocycles. The molecular weight excluding hydrogens is 336 g/mol. The van der Waals surface area contributed by atoms with Crippen molar-refractivity contribution in [2.75, 3.05) is 26.7 Å². The summed E-state index contributed by atoms with van der Waals surface area (Å²) in [5.41, 5.74) is 4.06. The van der Waals surface area contributed by atoms with Gasteiger partial charge in [0.1, 0.15) is 5.82 Å². The number of aromatic amines is 2. The monoisotopic (exact) mass is 368 g/mol. The van der Waals surface area contributed by atoms with E-state index < -0.39 is 0 Å². The van der Waals surface area contributed by atoms with Gasteiger partial charge in [0.15, 0.2) is 0 Å². The molecule has 2 fully saturated rings. The second-order valence-corrected chi connectivity index (χ2v) is 8.92. The summed E-state index contributed by atoms with van der Waals surface area (Å²) in [5.74, 6) is 2.04. The van der Waals surface area contributed by atoms with E-state index in [0.717, 1.165) is 57.8 Å². The molecule has 1 aliphatic carbocycles. The van der Waals surface area contributed by atoms with E-state index in [1.165, 1.54) is 48.6 Å². The van der Waals surface area contributed by atoms with Crippen molar-refractivity contribution in [2.24, 2.45) is 5.92 Å². The summed E-state index contributed by atoms with van der Waals surface area (Å²) in [6.07, 6.45) is 14.1. The highest BCUT2D eigenvalue weighted by Crippen LogP contribution is 2.41. The van der Waals surface area contributed by atoms with Crippen LogP contribution < -0.4 is 0 Å². The molecular formula is C21H32N6. The van der Waals surface area contributed by atoms with E-state index in [0.29, 0.717) is 0 Å². The number of piperidine rings is 1. The molecule has 0 unspecified atom stereocenters. The summed E-state index contributed by atoms with van der Waals surface area (Å²) >= 11 is 0. The Balaban J connectivity index is 1.21. The number of likely N-dealkylation sites (N-methyl/N-ethyl adjacent to an activating group) is 1. The van der Waals surface area contributed by atoms with Crippen LogP contribution in [0.25, 0.3) is 0 Å². The van der Waals surface area contributed by atoms with Crippen molar-refractivity contribution in [3.63, 3.8) is 0 Å². The molecule has 6 heteroatoms. The average molecular weight is 369 g/mol. The van der Waals surface area contributed by atoms with E-state index in [4.69, 9.17) is 4.98 Å². The van der Waals surface area contributed by atoms with Crippen LogP contribution in [0.1, 0.15) is 61.4 Å². The van der Waals surface area contributed by atoms with E-state index in [-0.39, 0.29) is 5.54 Å². The summed E-state index contributed by atoms with van der Waals surface area (Å²) < 4.78 is 0. The minimum Gasteiger partial charge on any atom is -0.348 e. The van der Waals surface area contributed by atoms with Crippen LogP contribution in [0.2, 0.25) is 0 Å². The lowest BCUT2D eigenvalue weighted by atomic mass is 9.79. The molecule has 6 nitrogen and oxygen atoms in total. The van der Waals surface area contributed by atoms with Crippen LogP contribution in [0, 0.1) is 5.92 Å². The minimum atomic E-state index is 0.131. The predicted octanol–water partition coefficient (Wildman–Crippen LogP) is 2.84. The van der Waals surface area contributed by atoms with Gasteiger partial charge in [0, 0.05) is 56.6 Å². The molecule has 0 radical (unpaired) electrons. The molecule has 2 N–H and O–H groups in total. The molecule has 5 rings (SSSR count). The van der Waals surface area contributed by atoms with Crippen molar-refractivity contribution < 1.29 is 0 Å². The van der Waals surface area contributed by atoms with Crippen LogP contribution in [-0.4, -0.2) is 56.4 Å². The Bertz CT molecular complexity index is 763. The van der Waals surface area contributed by atoms with E-state index in [1.807, 2.05) is 6.33 Å². The first-order chi connectivity index (χ1) is 13.2. The summed E-state index contributed by atoms with van der Waals surface area (Å²) in [4.78, 5) is 21.5. The van der Waals surface area contributed by atoms with Crippen LogP contribution >= 0.6 is 0 Å². The number of nitrogens with one attached hydrogen (secondary N) is 2. The standard InChI is InChI=1S/C21H32N6/c1-26-9-6-18-20(24-15-23-18)21(26)7-10-27(11-8-21)14-17-13-22-19(25-17)12-16-4-2-3-5-16/h13,15-16H,2-12,14H2,1H3,(H,22,25)(H,23,24). The number of nitrogens with zero attached hydrogens (tertiary/aromatic N) is 4. The van der Waals surface area contributed by atoms with Gasteiger partial charge in [-0.2, -0.15) is 0 Å². The highest BCUT2D eigenvalue weighted by atomic mass is 15.2. The number of hydrogen-bond acceptors (Lipinski definition) is 4. The molecule has 0 aromatic carbocycles. The minimum absolute atomic E-state index is 0.131. The molecule has 4 heterocycles. The van der Waals surface area contributed by atoms with Gasteiger partial charge in [-0.3, -0.25) is 9.80 Å². The second kappa shape index (κ2) is 7.06. The third-order valence-corrected chi connectivity index (χ3v) is 7.30. The summed E-state index contributed by atoms with van der Waals surface area (Å²) in [6.45, 7) is 4.35. The van der Waals surface area contributed by atoms with Gasteiger partial charge in [0.05, 0.1) is 17.6 Å². The predicted molar refractivity (Wildman–Crippen MR) is 105 cm³/mol. The maximum atomic E-state index is 4.71. The van der Waals surface area contributed by atoms with E-state index in [1.54, 1.807) is 0 Å². The SMILES string of the molecule is CN1CCc2[nH]cnc2C12CCN(Cc1cnc(CC3CCCC3)[nH]1)CC2. The average Bonchev–Trinajstić information content (AvgIpc) is 3.43. The van der Waals surface area contributed by atoms with Crippen molar-refractivity contribution in [3.05, 3.63) is 35.4 Å². The molecule has 0 bridgehead atoms. The fourth-order valence-corrected chi connectivity index (χ4v) is 5.61. The first kappa shape index (κ1) is 17.4. The molecule has 146 valence electrons. The lowest BCUT2D eigenvalue weighted by Crippen LogP contribution is -2.54. The Morgan fingerprint density at radius 3 is 2.78 bits per heavy atom. The van der Waals surface area contributed by atoms with Crippen LogP contribution in [-0.2, 0) is 24.9 Å². The van der Waals surface area contributed by atoms with Crippen molar-refractivity contribution in [1.82, 2.24) is 29.7 Å². The molecule has 1 spiro atoms. The quantitative estimate of drug-likeness (QED) is 0.871. The third kappa shape index (κ3) is 3.23. The van der Waals surface area contributed by atoms with Crippen LogP contribution in [0.5, 0.6) is 0 Å². The van der Waals surface area contributed by atoms with Crippen LogP contribution in [0.3, 0.4) is 0 Å². The van der Waals surface area contributed by atoms with Crippen molar-refractivity contribution in [3.8, 4) is 0 Å². The fourth-order valence-electron chi connectivity index (χ4n) is 5.61. The summed E-state index contributed by atoms with van der Waals surface area (Å²) in [7, 11) is 2.28. The van der Waals surface area contributed by atoms with Crippen molar-refractivity contribution in [1.29, 1.82) is 0 Å². The molecule has 2 aromatic heterocycles. The third-order valence-electron chi connectivity index (χ3n) is 7.30. The van der Waals surface area contributed by atoms with Gasteiger partial charge < -0.3 is 9.97 Å². The van der Waals surface area contributed by atoms with Gasteiger partial charge in [-0.05, 0) is 25.8 Å². The van der Waals surface area contributed by atoms with Gasteiger partial charge in [-0.15, -0.1) is 0 Å².